The zero-order chi connectivity index (χ0) is 23.3. The van der Waals surface area contributed by atoms with Crippen molar-refractivity contribution in [2.75, 3.05) is 7.11 Å². The van der Waals surface area contributed by atoms with Gasteiger partial charge in [0, 0.05) is 24.5 Å². The zero-order valence-electron chi connectivity index (χ0n) is 18.8. The Morgan fingerprint density at radius 2 is 1.84 bits per heavy atom. The average Bonchev–Trinajstić information content (AvgIpc) is 2.72. The van der Waals surface area contributed by atoms with E-state index in [1.165, 1.54) is 7.11 Å². The van der Waals surface area contributed by atoms with Gasteiger partial charge in [0.2, 0.25) is 5.88 Å². The van der Waals surface area contributed by atoms with Crippen molar-refractivity contribution in [2.45, 2.75) is 45.8 Å². The Morgan fingerprint density at radius 1 is 1.12 bits per heavy atom. The summed E-state index contributed by atoms with van der Waals surface area (Å²) in [5.41, 5.74) is 0.977. The van der Waals surface area contributed by atoms with Gasteiger partial charge in [-0.2, -0.15) is 0 Å². The minimum Gasteiger partial charge on any atom is -0.467 e. The van der Waals surface area contributed by atoms with Crippen LogP contribution in [0.25, 0.3) is 10.8 Å². The van der Waals surface area contributed by atoms with Gasteiger partial charge < -0.3 is 19.5 Å². The number of nitrogens with zero attached hydrogens (tertiary/aromatic N) is 2. The van der Waals surface area contributed by atoms with Crippen molar-refractivity contribution in [3.63, 3.8) is 0 Å². The Bertz CT molecular complexity index is 1110. The maximum absolute atomic E-state index is 12.2. The Hall–Kier alpha value is -3.68. The largest absolute Gasteiger partial charge is 0.467 e. The summed E-state index contributed by atoms with van der Waals surface area (Å²) in [6.07, 6.45) is 3.00. The molecule has 0 unspecified atom stereocenters. The number of amides is 1. The number of aromatic nitrogens is 2. The molecule has 168 valence electrons. The molecule has 3 aromatic rings. The summed E-state index contributed by atoms with van der Waals surface area (Å²) in [5, 5.41) is 4.38. The van der Waals surface area contributed by atoms with Crippen LogP contribution in [0.5, 0.6) is 11.6 Å². The first-order valence-corrected chi connectivity index (χ1v) is 10.2. The molecule has 1 amide bonds. The second kappa shape index (κ2) is 9.64. The zero-order valence-corrected chi connectivity index (χ0v) is 18.8. The summed E-state index contributed by atoms with van der Waals surface area (Å²) >= 11 is 0. The summed E-state index contributed by atoms with van der Waals surface area (Å²) in [4.78, 5) is 32.9. The van der Waals surface area contributed by atoms with Crippen molar-refractivity contribution in [1.29, 1.82) is 0 Å². The van der Waals surface area contributed by atoms with E-state index in [9.17, 15) is 9.59 Å². The fraction of sp³-hybridized carbons (Fsp3) is 0.333. The lowest BCUT2D eigenvalue weighted by molar-refractivity contribution is -0.143. The molecule has 0 radical (unpaired) electrons. The number of hydrogen-bond acceptors (Lipinski definition) is 7. The molecule has 1 aromatic carbocycles. The van der Waals surface area contributed by atoms with Crippen molar-refractivity contribution in [3.8, 4) is 11.6 Å². The lowest BCUT2D eigenvalue weighted by atomic mass is 10.1. The van der Waals surface area contributed by atoms with Crippen LogP contribution >= 0.6 is 0 Å². The minimum atomic E-state index is -0.880. The van der Waals surface area contributed by atoms with Crippen molar-refractivity contribution in [1.82, 2.24) is 15.3 Å². The number of methoxy groups -OCH3 is 1. The van der Waals surface area contributed by atoms with Crippen molar-refractivity contribution >= 4 is 22.8 Å². The summed E-state index contributed by atoms with van der Waals surface area (Å²) in [7, 11) is 1.27. The van der Waals surface area contributed by atoms with E-state index in [0.29, 0.717) is 11.6 Å². The van der Waals surface area contributed by atoms with Crippen molar-refractivity contribution in [2.24, 2.45) is 0 Å². The fourth-order valence-corrected chi connectivity index (χ4v) is 3.09. The van der Waals surface area contributed by atoms with Crippen LogP contribution in [-0.2, 0) is 20.7 Å². The number of hydrogen-bond donors (Lipinski definition) is 1. The third-order valence-corrected chi connectivity index (χ3v) is 4.48. The molecular formula is C24H27N3O5. The standard InChI is InChI=1S/C24H27N3O5/c1-15-12-17-10-11-25-14-19(17)21(26-15)31-18-8-6-16(7-9-18)13-20(22(28)30-5)27-23(29)32-24(2,3)4/h6-12,14,20H,13H2,1-5H3,(H,27,29)/t20-/m0/s1. The molecule has 0 saturated heterocycles. The van der Waals surface area contributed by atoms with E-state index in [-0.39, 0.29) is 6.42 Å². The number of aryl methyl sites for hydroxylation is 1. The molecule has 0 aliphatic rings. The summed E-state index contributed by atoms with van der Waals surface area (Å²) < 4.78 is 16.1. The third-order valence-electron chi connectivity index (χ3n) is 4.48. The Kier molecular flexibility index (Phi) is 6.92. The predicted octanol–water partition coefficient (Wildman–Crippen LogP) is 4.34. The number of esters is 1. The average molecular weight is 437 g/mol. The number of carbonyl (C=O) groups excluding carboxylic acids is 2. The maximum Gasteiger partial charge on any atom is 0.408 e. The normalized spacial score (nSPS) is 12.2. The molecular weight excluding hydrogens is 410 g/mol. The highest BCUT2D eigenvalue weighted by atomic mass is 16.6. The molecule has 0 fully saturated rings. The van der Waals surface area contributed by atoms with Gasteiger partial charge in [0.1, 0.15) is 17.4 Å². The number of alkyl carbamates (subject to hydrolysis) is 1. The van der Waals surface area contributed by atoms with Gasteiger partial charge in [-0.15, -0.1) is 0 Å². The first kappa shape index (κ1) is 23.0. The van der Waals surface area contributed by atoms with Gasteiger partial charge in [0.25, 0.3) is 0 Å². The molecule has 0 saturated carbocycles. The lowest BCUT2D eigenvalue weighted by Crippen LogP contribution is -2.45. The highest BCUT2D eigenvalue weighted by Gasteiger charge is 2.25. The number of pyridine rings is 2. The van der Waals surface area contributed by atoms with Crippen molar-refractivity contribution in [3.05, 3.63) is 60.0 Å². The van der Waals surface area contributed by atoms with E-state index in [0.717, 1.165) is 22.0 Å². The van der Waals surface area contributed by atoms with Crippen LogP contribution in [0.15, 0.2) is 48.8 Å². The summed E-state index contributed by atoms with van der Waals surface area (Å²) in [6, 6.07) is 10.2. The minimum absolute atomic E-state index is 0.238. The van der Waals surface area contributed by atoms with E-state index >= 15 is 0 Å². The van der Waals surface area contributed by atoms with Crippen LogP contribution in [0.2, 0.25) is 0 Å². The number of benzene rings is 1. The molecule has 2 aromatic heterocycles. The number of fused-ring (bicyclic) bond motifs is 1. The first-order valence-electron chi connectivity index (χ1n) is 10.2. The van der Waals surface area contributed by atoms with Gasteiger partial charge in [-0.1, -0.05) is 12.1 Å². The van der Waals surface area contributed by atoms with E-state index < -0.39 is 23.7 Å². The van der Waals surface area contributed by atoms with E-state index in [1.807, 2.05) is 31.2 Å². The topological polar surface area (TPSA) is 99.6 Å². The van der Waals surface area contributed by atoms with Gasteiger partial charge >= 0.3 is 12.1 Å². The summed E-state index contributed by atoms with van der Waals surface area (Å²) in [6.45, 7) is 7.16. The smallest absolute Gasteiger partial charge is 0.408 e. The highest BCUT2D eigenvalue weighted by Crippen LogP contribution is 2.28. The molecule has 2 heterocycles. The van der Waals surface area contributed by atoms with Crippen LogP contribution in [0.3, 0.4) is 0 Å². The van der Waals surface area contributed by atoms with E-state index in [1.54, 1.807) is 45.3 Å². The molecule has 3 rings (SSSR count). The van der Waals surface area contributed by atoms with Gasteiger partial charge in [-0.3, -0.25) is 4.98 Å². The predicted molar refractivity (Wildman–Crippen MR) is 120 cm³/mol. The van der Waals surface area contributed by atoms with Gasteiger partial charge in [-0.25, -0.2) is 14.6 Å². The van der Waals surface area contributed by atoms with Crippen molar-refractivity contribution < 1.29 is 23.8 Å². The number of nitrogens with one attached hydrogen (secondary N) is 1. The molecule has 8 nitrogen and oxygen atoms in total. The summed E-state index contributed by atoms with van der Waals surface area (Å²) in [5.74, 6) is 0.505. The second-order valence-corrected chi connectivity index (χ2v) is 8.34. The monoisotopic (exact) mass is 437 g/mol. The first-order chi connectivity index (χ1) is 15.1. The van der Waals surface area contributed by atoms with Gasteiger partial charge in [0.15, 0.2) is 0 Å². The van der Waals surface area contributed by atoms with Crippen LogP contribution in [0, 0.1) is 6.92 Å². The number of carbonyl (C=O) groups is 2. The maximum atomic E-state index is 12.2. The van der Waals surface area contributed by atoms with Crippen LogP contribution < -0.4 is 10.1 Å². The van der Waals surface area contributed by atoms with E-state index in [2.05, 4.69) is 15.3 Å². The third kappa shape index (κ3) is 6.16. The quantitative estimate of drug-likeness (QED) is 0.573. The molecule has 1 atom stereocenters. The molecule has 8 heteroatoms. The SMILES string of the molecule is COC(=O)[C@H](Cc1ccc(Oc2nc(C)cc3ccncc23)cc1)NC(=O)OC(C)(C)C. The lowest BCUT2D eigenvalue weighted by Gasteiger charge is -2.22. The molecule has 0 aliphatic carbocycles. The molecule has 32 heavy (non-hydrogen) atoms. The van der Waals surface area contributed by atoms with Crippen LogP contribution in [0.1, 0.15) is 32.0 Å². The molecule has 0 bridgehead atoms. The number of ether oxygens (including phenoxy) is 3. The molecule has 0 aliphatic heterocycles. The van der Waals surface area contributed by atoms with Crippen LogP contribution in [-0.4, -0.2) is 40.8 Å². The molecule has 1 N–H and O–H groups in total. The van der Waals surface area contributed by atoms with Crippen LogP contribution in [0.4, 0.5) is 4.79 Å². The highest BCUT2D eigenvalue weighted by molar-refractivity contribution is 5.86. The molecule has 0 spiro atoms. The Balaban J connectivity index is 1.73. The van der Waals surface area contributed by atoms with Gasteiger partial charge in [0.05, 0.1) is 12.5 Å². The van der Waals surface area contributed by atoms with Gasteiger partial charge in [-0.05, 0) is 62.9 Å². The fourth-order valence-electron chi connectivity index (χ4n) is 3.09. The Morgan fingerprint density at radius 3 is 2.50 bits per heavy atom. The second-order valence-electron chi connectivity index (χ2n) is 8.34. The van der Waals surface area contributed by atoms with E-state index in [4.69, 9.17) is 14.2 Å². The number of rotatable bonds is 6. The Labute approximate surface area is 186 Å².